The highest BCUT2D eigenvalue weighted by Gasteiger charge is 2.16. The topological polar surface area (TPSA) is 44.1 Å². The number of ether oxygens (including phenoxy) is 1. The summed E-state index contributed by atoms with van der Waals surface area (Å²) in [5, 5.41) is 4.21. The lowest BCUT2D eigenvalue weighted by molar-refractivity contribution is 0.112. The number of benzene rings is 1. The zero-order valence-corrected chi connectivity index (χ0v) is 11.9. The van der Waals surface area contributed by atoms with E-state index in [0.717, 1.165) is 23.2 Å². The van der Waals surface area contributed by atoms with Gasteiger partial charge in [-0.2, -0.15) is 5.10 Å². The molecule has 0 bridgehead atoms. The maximum absolute atomic E-state index is 11.1. The summed E-state index contributed by atoms with van der Waals surface area (Å²) in [6.45, 7) is 7.87. The number of aryl methyl sites for hydroxylation is 4. The van der Waals surface area contributed by atoms with Gasteiger partial charge >= 0.3 is 0 Å². The lowest BCUT2D eigenvalue weighted by atomic mass is 10.1. The Balaban J connectivity index is 2.50. The van der Waals surface area contributed by atoms with Crippen LogP contribution < -0.4 is 4.74 Å². The van der Waals surface area contributed by atoms with Crippen molar-refractivity contribution in [3.63, 3.8) is 0 Å². The third-order valence-electron chi connectivity index (χ3n) is 3.30. The predicted octanol–water partition coefficient (Wildman–Crippen LogP) is 3.26. The average molecular weight is 258 g/mol. The zero-order valence-electron chi connectivity index (χ0n) is 11.9. The molecule has 4 nitrogen and oxygen atoms in total. The lowest BCUT2D eigenvalue weighted by Gasteiger charge is -2.12. The molecule has 0 aliphatic rings. The number of hydrogen-bond donors (Lipinski definition) is 0. The predicted molar refractivity (Wildman–Crippen MR) is 74.1 cm³/mol. The average Bonchev–Trinajstić information content (AvgIpc) is 2.60. The van der Waals surface area contributed by atoms with E-state index in [0.29, 0.717) is 17.1 Å². The van der Waals surface area contributed by atoms with Crippen LogP contribution in [0, 0.1) is 27.7 Å². The molecule has 1 heterocycles. The first kappa shape index (κ1) is 13.3. The van der Waals surface area contributed by atoms with E-state index in [9.17, 15) is 4.79 Å². The normalized spacial score (nSPS) is 10.6. The van der Waals surface area contributed by atoms with Gasteiger partial charge in [-0.3, -0.25) is 4.79 Å². The molecule has 0 spiro atoms. The molecule has 0 amide bonds. The highest BCUT2D eigenvalue weighted by Crippen LogP contribution is 2.30. The number of aromatic nitrogens is 2. The van der Waals surface area contributed by atoms with Gasteiger partial charge in [0.05, 0.1) is 11.3 Å². The second kappa shape index (κ2) is 4.88. The molecule has 100 valence electrons. The van der Waals surface area contributed by atoms with Crippen molar-refractivity contribution >= 4 is 6.29 Å². The van der Waals surface area contributed by atoms with Crippen LogP contribution in [0.1, 0.15) is 32.7 Å². The first-order chi connectivity index (χ1) is 8.93. The Morgan fingerprint density at radius 2 is 1.89 bits per heavy atom. The van der Waals surface area contributed by atoms with E-state index in [2.05, 4.69) is 11.2 Å². The van der Waals surface area contributed by atoms with Crippen molar-refractivity contribution in [2.75, 3.05) is 0 Å². The van der Waals surface area contributed by atoms with Crippen LogP contribution in [0.3, 0.4) is 0 Å². The van der Waals surface area contributed by atoms with Crippen LogP contribution in [0.5, 0.6) is 11.6 Å². The minimum absolute atomic E-state index is 0.487. The standard InChI is InChI=1S/C15H18N2O2/c1-9-6-10(2)11(3)14(7-9)19-15-13(8-18)12(4)16-17(15)5/h6-8H,1-5H3. The Morgan fingerprint density at radius 1 is 1.21 bits per heavy atom. The molecule has 0 aliphatic carbocycles. The fourth-order valence-corrected chi connectivity index (χ4v) is 2.12. The van der Waals surface area contributed by atoms with Gasteiger partial charge in [0.15, 0.2) is 6.29 Å². The summed E-state index contributed by atoms with van der Waals surface area (Å²) in [5.41, 5.74) is 4.54. The third kappa shape index (κ3) is 2.38. The first-order valence-corrected chi connectivity index (χ1v) is 6.18. The van der Waals surface area contributed by atoms with Crippen LogP contribution in [0.25, 0.3) is 0 Å². The molecule has 0 unspecified atom stereocenters. The summed E-state index contributed by atoms with van der Waals surface area (Å²) < 4.78 is 7.51. The van der Waals surface area contributed by atoms with E-state index in [4.69, 9.17) is 4.74 Å². The number of carbonyl (C=O) groups excluding carboxylic acids is 1. The van der Waals surface area contributed by atoms with Gasteiger partial charge in [-0.25, -0.2) is 4.68 Å². The molecule has 0 N–H and O–H groups in total. The maximum Gasteiger partial charge on any atom is 0.228 e. The SMILES string of the molecule is Cc1cc(C)c(C)c(Oc2c(C=O)c(C)nn2C)c1. The number of carbonyl (C=O) groups is 1. The fraction of sp³-hybridized carbons (Fsp3) is 0.333. The monoisotopic (exact) mass is 258 g/mol. The van der Waals surface area contributed by atoms with E-state index in [1.165, 1.54) is 5.56 Å². The van der Waals surface area contributed by atoms with E-state index >= 15 is 0 Å². The molecule has 2 aromatic rings. The lowest BCUT2D eigenvalue weighted by Crippen LogP contribution is -1.99. The molecular weight excluding hydrogens is 240 g/mol. The summed E-state index contributed by atoms with van der Waals surface area (Å²) in [4.78, 5) is 11.1. The minimum Gasteiger partial charge on any atom is -0.438 e. The maximum atomic E-state index is 11.1. The van der Waals surface area contributed by atoms with Gasteiger partial charge in [-0.15, -0.1) is 0 Å². The summed E-state index contributed by atoms with van der Waals surface area (Å²) in [5.74, 6) is 1.25. The molecular formula is C15H18N2O2. The fourth-order valence-electron chi connectivity index (χ4n) is 2.12. The van der Waals surface area contributed by atoms with Crippen molar-refractivity contribution in [3.05, 3.63) is 40.1 Å². The molecule has 4 heteroatoms. The van der Waals surface area contributed by atoms with Crippen molar-refractivity contribution < 1.29 is 9.53 Å². The molecule has 0 aliphatic heterocycles. The number of aldehydes is 1. The van der Waals surface area contributed by atoms with Crippen molar-refractivity contribution in [1.29, 1.82) is 0 Å². The second-order valence-corrected chi connectivity index (χ2v) is 4.85. The van der Waals surface area contributed by atoms with Gasteiger partial charge in [0, 0.05) is 7.05 Å². The van der Waals surface area contributed by atoms with Crippen molar-refractivity contribution in [3.8, 4) is 11.6 Å². The van der Waals surface area contributed by atoms with E-state index < -0.39 is 0 Å². The van der Waals surface area contributed by atoms with Crippen LogP contribution in [0.2, 0.25) is 0 Å². The molecule has 0 radical (unpaired) electrons. The Kier molecular flexibility index (Phi) is 3.42. The highest BCUT2D eigenvalue weighted by molar-refractivity contribution is 5.80. The van der Waals surface area contributed by atoms with Crippen molar-refractivity contribution in [1.82, 2.24) is 9.78 Å². The quantitative estimate of drug-likeness (QED) is 0.794. The Hall–Kier alpha value is -2.10. The van der Waals surface area contributed by atoms with Crippen LogP contribution >= 0.6 is 0 Å². The first-order valence-electron chi connectivity index (χ1n) is 6.18. The third-order valence-corrected chi connectivity index (χ3v) is 3.30. The van der Waals surface area contributed by atoms with E-state index in [1.54, 1.807) is 18.7 Å². The van der Waals surface area contributed by atoms with Crippen LogP contribution in [-0.4, -0.2) is 16.1 Å². The van der Waals surface area contributed by atoms with Crippen LogP contribution in [0.15, 0.2) is 12.1 Å². The van der Waals surface area contributed by atoms with Gasteiger partial charge in [-0.1, -0.05) is 6.07 Å². The second-order valence-electron chi connectivity index (χ2n) is 4.85. The number of hydrogen-bond acceptors (Lipinski definition) is 3. The number of rotatable bonds is 3. The molecule has 1 aromatic carbocycles. The summed E-state index contributed by atoms with van der Waals surface area (Å²) >= 11 is 0. The van der Waals surface area contributed by atoms with Gasteiger partial charge in [0.1, 0.15) is 5.75 Å². The summed E-state index contributed by atoms with van der Waals surface area (Å²) in [7, 11) is 1.77. The Labute approximate surface area is 113 Å². The molecule has 0 saturated carbocycles. The highest BCUT2D eigenvalue weighted by atomic mass is 16.5. The Morgan fingerprint density at radius 3 is 2.53 bits per heavy atom. The molecule has 0 fully saturated rings. The van der Waals surface area contributed by atoms with E-state index in [-0.39, 0.29) is 0 Å². The Bertz CT molecular complexity index is 642. The zero-order chi connectivity index (χ0) is 14.2. The number of nitrogens with zero attached hydrogens (tertiary/aromatic N) is 2. The molecule has 2 rings (SSSR count). The van der Waals surface area contributed by atoms with Crippen molar-refractivity contribution in [2.45, 2.75) is 27.7 Å². The van der Waals surface area contributed by atoms with Gasteiger partial charge in [0.2, 0.25) is 5.88 Å². The van der Waals surface area contributed by atoms with Gasteiger partial charge in [-0.05, 0) is 50.5 Å². The molecule has 1 aromatic heterocycles. The van der Waals surface area contributed by atoms with Gasteiger partial charge < -0.3 is 4.74 Å². The van der Waals surface area contributed by atoms with Gasteiger partial charge in [0.25, 0.3) is 0 Å². The molecule has 0 atom stereocenters. The van der Waals surface area contributed by atoms with Crippen LogP contribution in [0.4, 0.5) is 0 Å². The molecule has 0 saturated heterocycles. The summed E-state index contributed by atoms with van der Waals surface area (Å²) in [6, 6.07) is 4.08. The largest absolute Gasteiger partial charge is 0.438 e. The van der Waals surface area contributed by atoms with Crippen LogP contribution in [-0.2, 0) is 7.05 Å². The smallest absolute Gasteiger partial charge is 0.228 e. The summed E-state index contributed by atoms with van der Waals surface area (Å²) in [6.07, 6.45) is 0.787. The van der Waals surface area contributed by atoms with E-state index in [1.807, 2.05) is 26.8 Å². The molecule has 19 heavy (non-hydrogen) atoms. The minimum atomic E-state index is 0.487. The van der Waals surface area contributed by atoms with Crippen molar-refractivity contribution in [2.24, 2.45) is 7.05 Å².